The van der Waals surface area contributed by atoms with Crippen molar-refractivity contribution >= 4 is 21.6 Å². The van der Waals surface area contributed by atoms with Crippen molar-refractivity contribution in [2.75, 3.05) is 17.5 Å². The number of nitrogens with zero attached hydrogens (tertiary/aromatic N) is 1. The molecule has 0 aliphatic rings. The molecule has 3 rings (SSSR count). The van der Waals surface area contributed by atoms with Crippen molar-refractivity contribution in [3.8, 4) is 5.75 Å². The molecule has 0 radical (unpaired) electrons. The molecule has 0 saturated carbocycles. The number of carbonyl (C=O) groups is 1. The van der Waals surface area contributed by atoms with Gasteiger partial charge in [0.2, 0.25) is 5.91 Å². The van der Waals surface area contributed by atoms with E-state index in [0.717, 1.165) is 15.6 Å². The van der Waals surface area contributed by atoms with Crippen molar-refractivity contribution < 1.29 is 17.9 Å². The summed E-state index contributed by atoms with van der Waals surface area (Å²) >= 11 is 0. The van der Waals surface area contributed by atoms with Crippen LogP contribution in [-0.2, 0) is 14.8 Å². The average molecular weight is 439 g/mol. The number of ether oxygens (including phenoxy) is 1. The molecule has 0 heterocycles. The number of sulfonamides is 1. The first-order chi connectivity index (χ1) is 14.9. The van der Waals surface area contributed by atoms with Gasteiger partial charge in [-0.1, -0.05) is 48.5 Å². The summed E-state index contributed by atoms with van der Waals surface area (Å²) in [6.07, 6.45) is 0. The van der Waals surface area contributed by atoms with E-state index < -0.39 is 15.9 Å². The van der Waals surface area contributed by atoms with E-state index in [2.05, 4.69) is 5.32 Å². The summed E-state index contributed by atoms with van der Waals surface area (Å²) in [6.45, 7) is 4.02. The summed E-state index contributed by atoms with van der Waals surface area (Å²) < 4.78 is 33.1. The van der Waals surface area contributed by atoms with Crippen molar-refractivity contribution in [2.24, 2.45) is 0 Å². The molecule has 162 valence electrons. The Morgan fingerprint density at radius 1 is 0.935 bits per heavy atom. The maximum Gasteiger partial charge on any atom is 0.264 e. The Morgan fingerprint density at radius 2 is 1.52 bits per heavy atom. The Bertz CT molecular complexity index is 1090. The monoisotopic (exact) mass is 438 g/mol. The van der Waals surface area contributed by atoms with Crippen LogP contribution in [-0.4, -0.2) is 27.5 Å². The second-order valence-corrected chi connectivity index (χ2v) is 8.81. The lowest BCUT2D eigenvalue weighted by Crippen LogP contribution is -2.41. The number of amides is 1. The Morgan fingerprint density at radius 3 is 2.10 bits per heavy atom. The third-order valence-electron chi connectivity index (χ3n) is 4.73. The summed E-state index contributed by atoms with van der Waals surface area (Å²) in [5, 5.41) is 2.89. The van der Waals surface area contributed by atoms with E-state index in [1.165, 1.54) is 12.1 Å². The third kappa shape index (κ3) is 5.64. The average Bonchev–Trinajstić information content (AvgIpc) is 2.79. The lowest BCUT2D eigenvalue weighted by atomic mass is 10.1. The molecule has 0 aliphatic heterocycles. The fourth-order valence-electron chi connectivity index (χ4n) is 3.15. The minimum Gasteiger partial charge on any atom is -0.494 e. The summed E-state index contributed by atoms with van der Waals surface area (Å²) in [5.74, 6) is 0.360. The van der Waals surface area contributed by atoms with Gasteiger partial charge in [-0.15, -0.1) is 0 Å². The maximum atomic E-state index is 13.3. The highest BCUT2D eigenvalue weighted by Crippen LogP contribution is 2.23. The second kappa shape index (κ2) is 10.1. The van der Waals surface area contributed by atoms with E-state index in [1.807, 2.05) is 38.1 Å². The number of nitrogens with one attached hydrogen (secondary N) is 1. The van der Waals surface area contributed by atoms with Crippen LogP contribution in [0.25, 0.3) is 0 Å². The van der Waals surface area contributed by atoms with Crippen LogP contribution in [0.5, 0.6) is 5.75 Å². The number of rotatable bonds is 9. The first-order valence-electron chi connectivity index (χ1n) is 10.1. The number of benzene rings is 3. The third-order valence-corrected chi connectivity index (χ3v) is 6.52. The van der Waals surface area contributed by atoms with Gasteiger partial charge in [0.05, 0.1) is 23.2 Å². The molecule has 31 heavy (non-hydrogen) atoms. The van der Waals surface area contributed by atoms with Gasteiger partial charge in [-0.25, -0.2) is 8.42 Å². The Hall–Kier alpha value is -3.32. The number of anilines is 1. The first kappa shape index (κ1) is 22.4. The molecular weight excluding hydrogens is 412 g/mol. The standard InChI is InChI=1S/C24H26N2O4S/c1-3-30-22-16-14-20(15-17-22)19(2)25-24(27)18-26(21-10-6-4-7-11-21)31(28,29)23-12-8-5-9-13-23/h4-17,19H,3,18H2,1-2H3,(H,25,27)/t19-/m0/s1. The van der Waals surface area contributed by atoms with Crippen molar-refractivity contribution in [1.29, 1.82) is 0 Å². The molecule has 0 spiro atoms. The Balaban J connectivity index is 1.79. The first-order valence-corrected chi connectivity index (χ1v) is 11.5. The van der Waals surface area contributed by atoms with Crippen molar-refractivity contribution in [3.05, 3.63) is 90.5 Å². The van der Waals surface area contributed by atoms with Crippen LogP contribution in [0.15, 0.2) is 89.8 Å². The summed E-state index contributed by atoms with van der Waals surface area (Å²) in [4.78, 5) is 12.9. The zero-order valence-corrected chi connectivity index (χ0v) is 18.4. The Kier molecular flexibility index (Phi) is 7.31. The molecule has 6 nitrogen and oxygen atoms in total. The topological polar surface area (TPSA) is 75.7 Å². The quantitative estimate of drug-likeness (QED) is 0.544. The zero-order chi connectivity index (χ0) is 22.3. The lowest BCUT2D eigenvalue weighted by Gasteiger charge is -2.25. The molecule has 0 bridgehead atoms. The van der Waals surface area contributed by atoms with Gasteiger partial charge in [0.15, 0.2) is 0 Å². The number of carbonyl (C=O) groups excluding carboxylic acids is 1. The molecule has 3 aromatic carbocycles. The fraction of sp³-hybridized carbons (Fsp3) is 0.208. The molecule has 0 fully saturated rings. The van der Waals surface area contributed by atoms with Gasteiger partial charge in [0, 0.05) is 0 Å². The van der Waals surface area contributed by atoms with Crippen molar-refractivity contribution in [2.45, 2.75) is 24.8 Å². The minimum absolute atomic E-state index is 0.131. The van der Waals surface area contributed by atoms with Gasteiger partial charge < -0.3 is 10.1 Å². The van der Waals surface area contributed by atoms with Gasteiger partial charge in [0.1, 0.15) is 12.3 Å². The van der Waals surface area contributed by atoms with Crippen LogP contribution in [0.3, 0.4) is 0 Å². The van der Waals surface area contributed by atoms with Crippen LogP contribution < -0.4 is 14.4 Å². The summed E-state index contributed by atoms with van der Waals surface area (Å²) in [6, 6.07) is 23.9. The van der Waals surface area contributed by atoms with Crippen LogP contribution >= 0.6 is 0 Å². The van der Waals surface area contributed by atoms with Crippen molar-refractivity contribution in [1.82, 2.24) is 5.32 Å². The minimum atomic E-state index is -3.91. The SMILES string of the molecule is CCOc1ccc([C@H](C)NC(=O)CN(c2ccccc2)S(=O)(=O)c2ccccc2)cc1. The van der Waals surface area contributed by atoms with E-state index in [1.54, 1.807) is 48.5 Å². The van der Waals surface area contributed by atoms with Crippen molar-refractivity contribution in [3.63, 3.8) is 0 Å². The van der Waals surface area contributed by atoms with E-state index in [-0.39, 0.29) is 17.5 Å². The fourth-order valence-corrected chi connectivity index (χ4v) is 4.59. The maximum absolute atomic E-state index is 13.3. The molecule has 0 aliphatic carbocycles. The highest BCUT2D eigenvalue weighted by molar-refractivity contribution is 7.92. The molecule has 0 unspecified atom stereocenters. The predicted molar refractivity (Wildman–Crippen MR) is 122 cm³/mol. The van der Waals surface area contributed by atoms with Gasteiger partial charge in [-0.2, -0.15) is 0 Å². The number of hydrogen-bond donors (Lipinski definition) is 1. The zero-order valence-electron chi connectivity index (χ0n) is 17.6. The number of hydrogen-bond acceptors (Lipinski definition) is 4. The van der Waals surface area contributed by atoms with Crippen LogP contribution in [0.2, 0.25) is 0 Å². The van der Waals surface area contributed by atoms with Gasteiger partial charge >= 0.3 is 0 Å². The second-order valence-electron chi connectivity index (χ2n) is 6.95. The Labute approximate surface area is 183 Å². The lowest BCUT2D eigenvalue weighted by molar-refractivity contribution is -0.120. The molecule has 0 aromatic heterocycles. The van der Waals surface area contributed by atoms with Gasteiger partial charge in [-0.3, -0.25) is 9.10 Å². The summed E-state index contributed by atoms with van der Waals surface area (Å²) in [7, 11) is -3.91. The van der Waals surface area contributed by atoms with E-state index in [4.69, 9.17) is 4.74 Å². The predicted octanol–water partition coefficient (Wildman–Crippen LogP) is 4.16. The molecule has 0 saturated heterocycles. The molecule has 3 aromatic rings. The van der Waals surface area contributed by atoms with Crippen LogP contribution in [0.4, 0.5) is 5.69 Å². The van der Waals surface area contributed by atoms with Crippen LogP contribution in [0, 0.1) is 0 Å². The molecular formula is C24H26N2O4S. The molecule has 1 amide bonds. The molecule has 1 atom stereocenters. The highest BCUT2D eigenvalue weighted by atomic mass is 32.2. The van der Waals surface area contributed by atoms with Gasteiger partial charge in [-0.05, 0) is 55.8 Å². The highest BCUT2D eigenvalue weighted by Gasteiger charge is 2.27. The number of para-hydroxylation sites is 1. The molecule has 1 N–H and O–H groups in total. The normalized spacial score (nSPS) is 12.1. The van der Waals surface area contributed by atoms with Crippen LogP contribution in [0.1, 0.15) is 25.5 Å². The summed E-state index contributed by atoms with van der Waals surface area (Å²) in [5.41, 5.74) is 1.32. The largest absolute Gasteiger partial charge is 0.494 e. The van der Waals surface area contributed by atoms with E-state index >= 15 is 0 Å². The smallest absolute Gasteiger partial charge is 0.264 e. The van der Waals surface area contributed by atoms with E-state index in [0.29, 0.717) is 12.3 Å². The van der Waals surface area contributed by atoms with E-state index in [9.17, 15) is 13.2 Å². The van der Waals surface area contributed by atoms with Gasteiger partial charge in [0.25, 0.3) is 10.0 Å². The molecule has 7 heteroatoms.